The number of halogens is 2. The van der Waals surface area contributed by atoms with Crippen LogP contribution in [0.3, 0.4) is 0 Å². The minimum absolute atomic E-state index is 0.301. The highest BCUT2D eigenvalue weighted by atomic mass is 19.2. The Morgan fingerprint density at radius 3 is 2.53 bits per heavy atom. The molecule has 1 aromatic carbocycles. The van der Waals surface area contributed by atoms with Gasteiger partial charge in [0.25, 0.3) is 5.56 Å². The summed E-state index contributed by atoms with van der Waals surface area (Å²) in [5.41, 5.74) is -0.587. The van der Waals surface area contributed by atoms with Crippen molar-refractivity contribution in [2.45, 2.75) is 6.92 Å². The maximum Gasteiger partial charge on any atom is 0.796 e. The highest BCUT2D eigenvalue weighted by Gasteiger charge is 2.26. The monoisotopic (exact) mass is 265 g/mol. The number of aryl methyl sites for hydroxylation is 1. The van der Waals surface area contributed by atoms with Gasteiger partial charge in [-0.3, -0.25) is 9.59 Å². The first-order valence-corrected chi connectivity index (χ1v) is 5.51. The molecule has 0 fully saturated rings. The average Bonchev–Trinajstić information content (AvgIpc) is 2.35. The van der Waals surface area contributed by atoms with Crippen molar-refractivity contribution in [3.05, 3.63) is 40.2 Å². The molecule has 0 aliphatic rings. The second-order valence-electron chi connectivity index (χ2n) is 4.02. The van der Waals surface area contributed by atoms with Crippen LogP contribution in [0.2, 0.25) is 0 Å². The van der Waals surface area contributed by atoms with Crippen LogP contribution in [0.5, 0.6) is 5.75 Å². The third-order valence-electron chi connectivity index (χ3n) is 2.81. The van der Waals surface area contributed by atoms with E-state index in [1.807, 2.05) is 0 Å². The largest absolute Gasteiger partial charge is 0.796 e. The third kappa shape index (κ3) is 2.23. The lowest BCUT2D eigenvalue weighted by atomic mass is 10.1. The van der Waals surface area contributed by atoms with Crippen molar-refractivity contribution in [1.29, 1.82) is 0 Å². The van der Waals surface area contributed by atoms with E-state index in [0.29, 0.717) is 10.9 Å². The van der Waals surface area contributed by atoms with Gasteiger partial charge in [0.2, 0.25) is 0 Å². The molecule has 0 bridgehead atoms. The Labute approximate surface area is 107 Å². The number of carbonyl (C=O) groups is 1. The Bertz CT molecular complexity index is 712. The van der Waals surface area contributed by atoms with E-state index in [2.05, 4.69) is 4.65 Å². The summed E-state index contributed by atoms with van der Waals surface area (Å²) in [5.74, 6) is -0.969. The lowest BCUT2D eigenvalue weighted by Crippen LogP contribution is -2.26. The van der Waals surface area contributed by atoms with E-state index in [1.165, 1.54) is 17.7 Å². The first-order valence-electron chi connectivity index (χ1n) is 5.51. The fourth-order valence-electron chi connectivity index (χ4n) is 1.99. The van der Waals surface area contributed by atoms with Crippen LogP contribution in [0.15, 0.2) is 29.1 Å². The van der Waals surface area contributed by atoms with Gasteiger partial charge in [0.05, 0.1) is 5.52 Å². The summed E-state index contributed by atoms with van der Waals surface area (Å²) >= 11 is 0. The first kappa shape index (κ1) is 13.3. The van der Waals surface area contributed by atoms with Gasteiger partial charge in [-0.15, -0.1) is 0 Å². The molecule has 0 amide bonds. The minimum Gasteiger partial charge on any atom is -0.504 e. The molecule has 1 heterocycles. The molecule has 0 saturated carbocycles. The van der Waals surface area contributed by atoms with Crippen LogP contribution in [-0.4, -0.2) is 17.8 Å². The number of benzene rings is 1. The van der Waals surface area contributed by atoms with Crippen LogP contribution < -0.4 is 10.2 Å². The minimum atomic E-state index is -3.10. The molecule has 7 heteroatoms. The molecule has 0 saturated heterocycles. The van der Waals surface area contributed by atoms with E-state index < -0.39 is 18.8 Å². The van der Waals surface area contributed by atoms with E-state index in [-0.39, 0.29) is 11.3 Å². The van der Waals surface area contributed by atoms with Crippen molar-refractivity contribution in [2.75, 3.05) is 0 Å². The molecule has 4 nitrogen and oxygen atoms in total. The molecule has 98 valence electrons. The number of para-hydroxylation sites is 1. The van der Waals surface area contributed by atoms with Crippen LogP contribution in [0.1, 0.15) is 17.3 Å². The number of aromatic nitrogens is 1. The standard InChI is InChI=1S/C12H10BF2NO3/c1-7(17)10-11(19-13(14)15)8-5-3-4-6-9(8)16(2)12(10)18/h3-6H,1-2H3. The summed E-state index contributed by atoms with van der Waals surface area (Å²) in [6.07, 6.45) is 0. The lowest BCUT2D eigenvalue weighted by Gasteiger charge is -2.13. The second kappa shape index (κ2) is 4.83. The summed E-state index contributed by atoms with van der Waals surface area (Å²) < 4.78 is 30.6. The van der Waals surface area contributed by atoms with Crippen molar-refractivity contribution >= 4 is 24.2 Å². The van der Waals surface area contributed by atoms with Gasteiger partial charge in [-0.2, -0.15) is 0 Å². The fraction of sp³-hybridized carbons (Fsp3) is 0.167. The summed E-state index contributed by atoms with van der Waals surface area (Å²) in [4.78, 5) is 23.6. The predicted octanol–water partition coefficient (Wildman–Crippen LogP) is 2.04. The average molecular weight is 265 g/mol. The van der Waals surface area contributed by atoms with Crippen molar-refractivity contribution in [3.63, 3.8) is 0 Å². The van der Waals surface area contributed by atoms with Gasteiger partial charge in [-0.05, 0) is 19.1 Å². The van der Waals surface area contributed by atoms with Gasteiger partial charge < -0.3 is 9.22 Å². The first-order chi connectivity index (χ1) is 8.93. The number of pyridine rings is 1. The molecule has 0 spiro atoms. The Morgan fingerprint density at radius 2 is 1.95 bits per heavy atom. The zero-order chi connectivity index (χ0) is 14.2. The summed E-state index contributed by atoms with van der Waals surface area (Å²) in [6, 6.07) is 6.41. The number of hydrogen-bond donors (Lipinski definition) is 0. The number of ketones is 1. The lowest BCUT2D eigenvalue weighted by molar-refractivity contribution is 0.101. The molecule has 0 aliphatic carbocycles. The summed E-state index contributed by atoms with van der Waals surface area (Å²) in [6.45, 7) is 1.14. The Balaban J connectivity index is 2.94. The third-order valence-corrected chi connectivity index (χ3v) is 2.81. The number of nitrogens with zero attached hydrogens (tertiary/aromatic N) is 1. The molecular formula is C12H10BF2NO3. The highest BCUT2D eigenvalue weighted by Crippen LogP contribution is 2.28. The normalized spacial score (nSPS) is 10.5. The molecule has 1 aromatic heterocycles. The van der Waals surface area contributed by atoms with Gasteiger partial charge in [0.15, 0.2) is 5.78 Å². The number of hydrogen-bond acceptors (Lipinski definition) is 3. The van der Waals surface area contributed by atoms with Gasteiger partial charge in [-0.1, -0.05) is 12.1 Å². The molecule has 0 unspecified atom stereocenters. The van der Waals surface area contributed by atoms with Crippen molar-refractivity contribution in [1.82, 2.24) is 4.57 Å². The van der Waals surface area contributed by atoms with E-state index >= 15 is 0 Å². The molecule has 0 atom stereocenters. The molecule has 19 heavy (non-hydrogen) atoms. The van der Waals surface area contributed by atoms with Crippen LogP contribution in [0.4, 0.5) is 8.63 Å². The Hall–Kier alpha value is -2.18. The molecule has 2 rings (SSSR count). The summed E-state index contributed by atoms with van der Waals surface area (Å²) in [5, 5.41) is 0.301. The number of fused-ring (bicyclic) bond motifs is 1. The van der Waals surface area contributed by atoms with Crippen LogP contribution in [-0.2, 0) is 7.05 Å². The van der Waals surface area contributed by atoms with Crippen molar-refractivity contribution in [3.8, 4) is 5.75 Å². The molecule has 2 aromatic rings. The predicted molar refractivity (Wildman–Crippen MR) is 67.8 cm³/mol. The van der Waals surface area contributed by atoms with Crippen LogP contribution >= 0.6 is 0 Å². The molecule has 0 aliphatic heterocycles. The SMILES string of the molecule is CC(=O)c1c(OB(F)F)c2ccccc2n(C)c1=O. The smallest absolute Gasteiger partial charge is 0.504 e. The van der Waals surface area contributed by atoms with Gasteiger partial charge in [-0.25, -0.2) is 8.63 Å². The zero-order valence-corrected chi connectivity index (χ0v) is 10.3. The molecule has 0 N–H and O–H groups in total. The highest BCUT2D eigenvalue weighted by molar-refractivity contribution is 6.36. The number of Topliss-reactive ketones (excluding diaryl/α,β-unsaturated/α-hetero) is 1. The zero-order valence-electron chi connectivity index (χ0n) is 10.3. The van der Waals surface area contributed by atoms with E-state index in [9.17, 15) is 18.2 Å². The second-order valence-corrected chi connectivity index (χ2v) is 4.02. The Kier molecular flexibility index (Phi) is 3.37. The van der Waals surface area contributed by atoms with E-state index in [1.54, 1.807) is 18.2 Å². The van der Waals surface area contributed by atoms with E-state index in [4.69, 9.17) is 0 Å². The molecule has 0 radical (unpaired) electrons. The van der Waals surface area contributed by atoms with Gasteiger partial charge >= 0.3 is 7.47 Å². The maximum atomic E-state index is 12.5. The van der Waals surface area contributed by atoms with E-state index in [0.717, 1.165) is 6.92 Å². The van der Waals surface area contributed by atoms with Crippen molar-refractivity contribution in [2.24, 2.45) is 7.05 Å². The molecular weight excluding hydrogens is 255 g/mol. The quantitative estimate of drug-likeness (QED) is 0.630. The van der Waals surface area contributed by atoms with Crippen molar-refractivity contribution < 1.29 is 18.1 Å². The summed E-state index contributed by atoms with van der Waals surface area (Å²) in [7, 11) is -1.63. The topological polar surface area (TPSA) is 48.3 Å². The maximum absolute atomic E-state index is 12.5. The number of rotatable bonds is 3. The Morgan fingerprint density at radius 1 is 1.32 bits per heavy atom. The van der Waals surface area contributed by atoms with Gasteiger partial charge in [0.1, 0.15) is 11.3 Å². The fourth-order valence-corrected chi connectivity index (χ4v) is 1.99. The van der Waals surface area contributed by atoms with Crippen LogP contribution in [0.25, 0.3) is 10.9 Å². The van der Waals surface area contributed by atoms with Crippen LogP contribution in [0, 0.1) is 0 Å². The number of carbonyl (C=O) groups excluding carboxylic acids is 1. The van der Waals surface area contributed by atoms with Gasteiger partial charge in [0, 0.05) is 12.4 Å².